The van der Waals surface area contributed by atoms with Crippen LogP contribution in [0.3, 0.4) is 0 Å². The summed E-state index contributed by atoms with van der Waals surface area (Å²) in [6, 6.07) is 13.5. The van der Waals surface area contributed by atoms with E-state index in [1.807, 2.05) is 48.5 Å². The maximum absolute atomic E-state index is 12.4. The van der Waals surface area contributed by atoms with Gasteiger partial charge in [0.2, 0.25) is 0 Å². The van der Waals surface area contributed by atoms with Gasteiger partial charge in [-0.1, -0.05) is 40.2 Å². The predicted octanol–water partition coefficient (Wildman–Crippen LogP) is 4.04. The number of methoxy groups -OCH3 is 1. The number of nitrogens with zero attached hydrogens (tertiary/aromatic N) is 1. The molecule has 0 bridgehead atoms. The van der Waals surface area contributed by atoms with Crippen LogP contribution >= 0.6 is 15.9 Å². The Balaban J connectivity index is 2.22. The fourth-order valence-electron chi connectivity index (χ4n) is 2.51. The molecule has 3 nitrogen and oxygen atoms in total. The van der Waals surface area contributed by atoms with E-state index in [-0.39, 0.29) is 5.91 Å². The molecular formula is C17H14BrNO2. The van der Waals surface area contributed by atoms with Gasteiger partial charge < -0.3 is 9.64 Å². The zero-order valence-electron chi connectivity index (χ0n) is 11.8. The van der Waals surface area contributed by atoms with Crippen LogP contribution in [0.2, 0.25) is 0 Å². The van der Waals surface area contributed by atoms with E-state index in [1.165, 1.54) is 0 Å². The van der Waals surface area contributed by atoms with Gasteiger partial charge in [-0.25, -0.2) is 0 Å². The number of halogens is 1. The number of ether oxygens (including phenoxy) is 1. The number of amides is 1. The Hall–Kier alpha value is -2.07. The molecule has 0 fully saturated rings. The van der Waals surface area contributed by atoms with Crippen molar-refractivity contribution in [2.75, 3.05) is 14.2 Å². The van der Waals surface area contributed by atoms with Crippen LogP contribution in [0.4, 0.5) is 0 Å². The Morgan fingerprint density at radius 2 is 1.90 bits per heavy atom. The molecular weight excluding hydrogens is 330 g/mol. The van der Waals surface area contributed by atoms with Crippen molar-refractivity contribution >= 4 is 33.6 Å². The van der Waals surface area contributed by atoms with E-state index >= 15 is 0 Å². The van der Waals surface area contributed by atoms with E-state index in [0.717, 1.165) is 21.3 Å². The van der Waals surface area contributed by atoms with Crippen LogP contribution in [0.15, 0.2) is 46.9 Å². The second-order valence-electron chi connectivity index (χ2n) is 4.80. The molecule has 0 aliphatic carbocycles. The first kappa shape index (κ1) is 13.9. The highest BCUT2D eigenvalue weighted by Gasteiger charge is 2.32. The summed E-state index contributed by atoms with van der Waals surface area (Å²) in [6.45, 7) is 0. The number of rotatable bonds is 2. The number of benzene rings is 2. The minimum atomic E-state index is -0.0118. The van der Waals surface area contributed by atoms with Crippen LogP contribution in [0.5, 0.6) is 5.75 Å². The summed E-state index contributed by atoms with van der Waals surface area (Å²) >= 11 is 3.53. The predicted molar refractivity (Wildman–Crippen MR) is 87.1 cm³/mol. The third-order valence-corrected chi connectivity index (χ3v) is 4.32. The molecule has 2 aromatic rings. The summed E-state index contributed by atoms with van der Waals surface area (Å²) in [4.78, 5) is 14.0. The molecule has 1 heterocycles. The molecule has 0 aromatic heterocycles. The normalized spacial score (nSPS) is 15.5. The lowest BCUT2D eigenvalue weighted by atomic mass is 10.0. The zero-order chi connectivity index (χ0) is 15.0. The summed E-state index contributed by atoms with van der Waals surface area (Å²) in [6.07, 6.45) is 2.00. The van der Waals surface area contributed by atoms with Crippen molar-refractivity contribution in [3.8, 4) is 5.75 Å². The largest absolute Gasteiger partial charge is 0.496 e. The van der Waals surface area contributed by atoms with E-state index < -0.39 is 0 Å². The number of carbonyl (C=O) groups excluding carboxylic acids is 1. The van der Waals surface area contributed by atoms with E-state index in [2.05, 4.69) is 15.9 Å². The maximum atomic E-state index is 12.4. The van der Waals surface area contributed by atoms with Crippen LogP contribution in [0.25, 0.3) is 11.8 Å². The van der Waals surface area contributed by atoms with E-state index in [0.29, 0.717) is 11.3 Å². The first-order valence-corrected chi connectivity index (χ1v) is 7.34. The van der Waals surface area contributed by atoms with E-state index in [4.69, 9.17) is 4.74 Å². The first-order valence-electron chi connectivity index (χ1n) is 6.55. The molecule has 4 heteroatoms. The summed E-state index contributed by atoms with van der Waals surface area (Å²) in [7, 11) is 3.40. The molecule has 1 amide bonds. The smallest absolute Gasteiger partial charge is 0.258 e. The molecule has 106 valence electrons. The lowest BCUT2D eigenvalue weighted by Gasteiger charge is -2.13. The third-order valence-electron chi connectivity index (χ3n) is 3.60. The van der Waals surface area contributed by atoms with Gasteiger partial charge in [-0.15, -0.1) is 0 Å². The molecule has 0 saturated carbocycles. The van der Waals surface area contributed by atoms with Gasteiger partial charge in [-0.2, -0.15) is 0 Å². The highest BCUT2D eigenvalue weighted by atomic mass is 79.9. The lowest BCUT2D eigenvalue weighted by molar-refractivity contribution is 0.0875. The highest BCUT2D eigenvalue weighted by molar-refractivity contribution is 9.10. The summed E-state index contributed by atoms with van der Waals surface area (Å²) < 4.78 is 6.41. The van der Waals surface area contributed by atoms with E-state index in [9.17, 15) is 4.79 Å². The maximum Gasteiger partial charge on any atom is 0.258 e. The molecule has 0 unspecified atom stereocenters. The fourth-order valence-corrected chi connectivity index (χ4v) is 2.91. The van der Waals surface area contributed by atoms with Crippen molar-refractivity contribution < 1.29 is 9.53 Å². The number of hydrogen-bond donors (Lipinski definition) is 0. The fraction of sp³-hybridized carbons (Fsp3) is 0.118. The SMILES string of the molecule is COc1cccc2c1/C(=C/c1ccccc1Br)N(C)C2=O. The Kier molecular flexibility index (Phi) is 3.55. The van der Waals surface area contributed by atoms with Gasteiger partial charge in [0, 0.05) is 11.5 Å². The summed E-state index contributed by atoms with van der Waals surface area (Å²) in [5.74, 6) is 0.700. The van der Waals surface area contributed by atoms with Crippen molar-refractivity contribution in [1.82, 2.24) is 4.90 Å². The Labute approximate surface area is 132 Å². The van der Waals surface area contributed by atoms with Crippen LogP contribution in [0.1, 0.15) is 21.5 Å². The van der Waals surface area contributed by atoms with Crippen LogP contribution in [0, 0.1) is 0 Å². The molecule has 0 saturated heterocycles. The second-order valence-corrected chi connectivity index (χ2v) is 5.65. The van der Waals surface area contributed by atoms with Crippen molar-refractivity contribution in [2.24, 2.45) is 0 Å². The van der Waals surface area contributed by atoms with Gasteiger partial charge in [-0.05, 0) is 29.8 Å². The topological polar surface area (TPSA) is 29.5 Å². The first-order chi connectivity index (χ1) is 10.1. The van der Waals surface area contributed by atoms with Crippen molar-refractivity contribution in [3.63, 3.8) is 0 Å². The molecule has 1 aliphatic rings. The monoisotopic (exact) mass is 343 g/mol. The Morgan fingerprint density at radius 3 is 2.62 bits per heavy atom. The molecule has 0 spiro atoms. The minimum absolute atomic E-state index is 0.0118. The van der Waals surface area contributed by atoms with Gasteiger partial charge in [0.05, 0.1) is 23.9 Å². The molecule has 0 radical (unpaired) electrons. The van der Waals surface area contributed by atoms with Crippen molar-refractivity contribution in [1.29, 1.82) is 0 Å². The van der Waals surface area contributed by atoms with Crippen LogP contribution in [-0.2, 0) is 0 Å². The Morgan fingerprint density at radius 1 is 1.14 bits per heavy atom. The van der Waals surface area contributed by atoms with E-state index in [1.54, 1.807) is 19.1 Å². The standard InChI is InChI=1S/C17H14BrNO2/c1-19-14(10-11-6-3-4-8-13(11)18)16-12(17(19)20)7-5-9-15(16)21-2/h3-10H,1-2H3/b14-10-. The molecule has 1 aliphatic heterocycles. The molecule has 0 atom stereocenters. The number of hydrogen-bond acceptors (Lipinski definition) is 2. The van der Waals surface area contributed by atoms with Gasteiger partial charge >= 0.3 is 0 Å². The molecule has 0 N–H and O–H groups in total. The summed E-state index contributed by atoms with van der Waals surface area (Å²) in [5, 5.41) is 0. The van der Waals surface area contributed by atoms with Crippen LogP contribution in [-0.4, -0.2) is 25.0 Å². The average Bonchev–Trinajstić information content (AvgIpc) is 2.74. The highest BCUT2D eigenvalue weighted by Crippen LogP contribution is 2.39. The Bertz CT molecular complexity index is 752. The number of fused-ring (bicyclic) bond motifs is 1. The molecule has 2 aromatic carbocycles. The summed E-state index contributed by atoms with van der Waals surface area (Å²) in [5.41, 5.74) is 3.39. The zero-order valence-corrected chi connectivity index (χ0v) is 13.3. The van der Waals surface area contributed by atoms with Crippen molar-refractivity contribution in [2.45, 2.75) is 0 Å². The number of carbonyl (C=O) groups is 1. The average molecular weight is 344 g/mol. The van der Waals surface area contributed by atoms with Gasteiger partial charge in [0.15, 0.2) is 0 Å². The van der Waals surface area contributed by atoms with Gasteiger partial charge in [-0.3, -0.25) is 4.79 Å². The minimum Gasteiger partial charge on any atom is -0.496 e. The third kappa shape index (κ3) is 2.25. The molecule has 21 heavy (non-hydrogen) atoms. The van der Waals surface area contributed by atoms with Gasteiger partial charge in [0.1, 0.15) is 5.75 Å². The van der Waals surface area contributed by atoms with Gasteiger partial charge in [0.25, 0.3) is 5.91 Å². The van der Waals surface area contributed by atoms with Crippen LogP contribution < -0.4 is 4.74 Å². The molecule has 3 rings (SSSR count). The quantitative estimate of drug-likeness (QED) is 0.823. The van der Waals surface area contributed by atoms with Crippen molar-refractivity contribution in [3.05, 3.63) is 63.6 Å². The lowest BCUT2D eigenvalue weighted by Crippen LogP contribution is -2.16. The second kappa shape index (κ2) is 5.37.